The Bertz CT molecular complexity index is 928. The summed E-state index contributed by atoms with van der Waals surface area (Å²) in [5.74, 6) is -0.214. The quantitative estimate of drug-likeness (QED) is 0.513. The van der Waals surface area contributed by atoms with E-state index in [1.165, 1.54) is 12.5 Å². The molecule has 35 heavy (non-hydrogen) atoms. The predicted molar refractivity (Wildman–Crippen MR) is 130 cm³/mol. The Morgan fingerprint density at radius 3 is 2.60 bits per heavy atom. The number of benzene rings is 1. The summed E-state index contributed by atoms with van der Waals surface area (Å²) in [4.78, 5) is 29.8. The average molecular weight is 489 g/mol. The highest BCUT2D eigenvalue weighted by atomic mass is 19.1. The van der Waals surface area contributed by atoms with Gasteiger partial charge in [-0.15, -0.1) is 0 Å². The number of nitrogens with one attached hydrogen (secondary N) is 2. The molecule has 2 aliphatic heterocycles. The number of amides is 3. The highest BCUT2D eigenvalue weighted by Crippen LogP contribution is 2.56. The summed E-state index contributed by atoms with van der Waals surface area (Å²) in [6.45, 7) is 2.94. The van der Waals surface area contributed by atoms with Crippen molar-refractivity contribution >= 4 is 17.6 Å². The van der Waals surface area contributed by atoms with Crippen LogP contribution in [0.25, 0.3) is 0 Å². The molecule has 1 saturated heterocycles. The number of urea groups is 1. The highest BCUT2D eigenvalue weighted by Gasteiger charge is 2.52. The number of hydrogen-bond acceptors (Lipinski definition) is 5. The largest absolute Gasteiger partial charge is 0.378 e. The second kappa shape index (κ2) is 10.3. The van der Waals surface area contributed by atoms with Gasteiger partial charge in [0.15, 0.2) is 0 Å². The van der Waals surface area contributed by atoms with E-state index in [4.69, 9.17) is 4.74 Å². The van der Waals surface area contributed by atoms with Gasteiger partial charge in [-0.2, -0.15) is 0 Å². The van der Waals surface area contributed by atoms with Gasteiger partial charge in [-0.05, 0) is 48.9 Å². The first kappa shape index (κ1) is 24.3. The lowest BCUT2D eigenvalue weighted by Gasteiger charge is -2.32. The molecular formula is C26H37FN4O4. The lowest BCUT2D eigenvalue weighted by molar-refractivity contribution is -0.126. The Hall–Kier alpha value is -2.39. The number of carbonyl (C=O) groups excluding carboxylic acids is 2. The summed E-state index contributed by atoms with van der Waals surface area (Å²) in [5, 5.41) is 16.5. The normalized spacial score (nSPS) is 23.0. The monoisotopic (exact) mass is 488 g/mol. The van der Waals surface area contributed by atoms with E-state index < -0.39 is 12.3 Å². The van der Waals surface area contributed by atoms with E-state index in [9.17, 15) is 19.1 Å². The zero-order valence-electron chi connectivity index (χ0n) is 20.3. The minimum absolute atomic E-state index is 0.0171. The molecule has 2 heterocycles. The van der Waals surface area contributed by atoms with Crippen molar-refractivity contribution in [1.29, 1.82) is 0 Å². The maximum absolute atomic E-state index is 13.8. The molecule has 0 aromatic heterocycles. The van der Waals surface area contributed by atoms with Gasteiger partial charge < -0.3 is 30.3 Å². The van der Waals surface area contributed by atoms with Gasteiger partial charge in [-0.25, -0.2) is 9.18 Å². The maximum Gasteiger partial charge on any atom is 0.318 e. The molecular weight excluding hydrogens is 451 g/mol. The molecule has 2 aliphatic carbocycles. The fourth-order valence-electron chi connectivity index (χ4n) is 6.00. The van der Waals surface area contributed by atoms with E-state index in [1.54, 1.807) is 17.0 Å². The molecule has 4 aliphatic rings. The van der Waals surface area contributed by atoms with E-state index in [0.29, 0.717) is 38.6 Å². The zero-order valence-corrected chi connectivity index (χ0v) is 20.3. The van der Waals surface area contributed by atoms with Crippen LogP contribution in [0, 0.1) is 11.7 Å². The Kier molecular flexibility index (Phi) is 7.16. The Balaban J connectivity index is 1.21. The van der Waals surface area contributed by atoms with Crippen LogP contribution in [-0.2, 0) is 14.9 Å². The number of fused-ring (bicyclic) bond motifs is 2. The predicted octanol–water partition coefficient (Wildman–Crippen LogP) is 2.49. The summed E-state index contributed by atoms with van der Waals surface area (Å²) in [6.07, 6.45) is 7.14. The molecule has 0 bridgehead atoms. The van der Waals surface area contributed by atoms with Gasteiger partial charge in [-0.3, -0.25) is 4.79 Å². The third-order valence-corrected chi connectivity index (χ3v) is 8.13. The second-order valence-corrected chi connectivity index (χ2v) is 10.7. The Morgan fingerprint density at radius 1 is 1.14 bits per heavy atom. The van der Waals surface area contributed by atoms with E-state index >= 15 is 0 Å². The van der Waals surface area contributed by atoms with Gasteiger partial charge in [-0.1, -0.05) is 32.1 Å². The second-order valence-electron chi connectivity index (χ2n) is 10.7. The van der Waals surface area contributed by atoms with Gasteiger partial charge in [0, 0.05) is 30.7 Å². The highest BCUT2D eigenvalue weighted by molar-refractivity contribution is 5.87. The van der Waals surface area contributed by atoms with Crippen LogP contribution < -0.4 is 15.5 Å². The number of β-amino-alcohol motifs (C(OH)–C–C–N with tert-alkyl or cyclic N) is 1. The minimum atomic E-state index is -1.09. The van der Waals surface area contributed by atoms with Crippen LogP contribution in [0.3, 0.4) is 0 Å². The molecule has 192 valence electrons. The molecule has 5 rings (SSSR count). The summed E-state index contributed by atoms with van der Waals surface area (Å²) in [7, 11) is 0. The number of rotatable bonds is 7. The summed E-state index contributed by atoms with van der Waals surface area (Å²) < 4.78 is 19.2. The van der Waals surface area contributed by atoms with Crippen LogP contribution in [0.2, 0.25) is 0 Å². The lowest BCUT2D eigenvalue weighted by atomic mass is 9.84. The number of aliphatic hydroxyl groups excluding tert-OH is 1. The molecule has 3 fully saturated rings. The number of hydrogen-bond donors (Lipinski definition) is 3. The third kappa shape index (κ3) is 5.56. The number of ether oxygens (including phenoxy) is 1. The molecule has 1 spiro atoms. The van der Waals surface area contributed by atoms with Gasteiger partial charge in [0.1, 0.15) is 18.1 Å². The number of aliphatic hydroxyl groups is 1. The van der Waals surface area contributed by atoms with Crippen molar-refractivity contribution in [3.63, 3.8) is 0 Å². The molecule has 8 nitrogen and oxygen atoms in total. The van der Waals surface area contributed by atoms with Crippen molar-refractivity contribution < 1.29 is 23.8 Å². The van der Waals surface area contributed by atoms with Crippen molar-refractivity contribution in [3.05, 3.63) is 29.6 Å². The van der Waals surface area contributed by atoms with Gasteiger partial charge >= 0.3 is 6.03 Å². The van der Waals surface area contributed by atoms with Crippen molar-refractivity contribution in [1.82, 2.24) is 15.5 Å². The smallest absolute Gasteiger partial charge is 0.318 e. The van der Waals surface area contributed by atoms with Crippen LogP contribution >= 0.6 is 0 Å². The van der Waals surface area contributed by atoms with Crippen LogP contribution in [0.4, 0.5) is 14.9 Å². The molecule has 1 aromatic carbocycles. The maximum atomic E-state index is 13.8. The Morgan fingerprint density at radius 2 is 1.89 bits per heavy atom. The molecule has 1 unspecified atom stereocenters. The SMILES string of the molecule is O=C(N[C@@H](O)CN1CC2(CC2)c2cc(F)ccc21)C(CC1CCCCC1)NC(=O)N1CCOCC1. The van der Waals surface area contributed by atoms with Crippen molar-refractivity contribution in [2.24, 2.45) is 5.92 Å². The van der Waals surface area contributed by atoms with Crippen LogP contribution in [-0.4, -0.2) is 73.6 Å². The third-order valence-electron chi connectivity index (χ3n) is 8.13. The lowest BCUT2D eigenvalue weighted by Crippen LogP contribution is -2.56. The van der Waals surface area contributed by atoms with Gasteiger partial charge in [0.2, 0.25) is 5.91 Å². The first-order valence-corrected chi connectivity index (χ1v) is 13.1. The molecule has 0 radical (unpaired) electrons. The number of nitrogens with zero attached hydrogens (tertiary/aromatic N) is 2. The minimum Gasteiger partial charge on any atom is -0.378 e. The fraction of sp³-hybridized carbons (Fsp3) is 0.692. The Labute approximate surface area is 206 Å². The van der Waals surface area contributed by atoms with E-state index in [0.717, 1.165) is 56.3 Å². The summed E-state index contributed by atoms with van der Waals surface area (Å²) in [6, 6.07) is 3.86. The standard InChI is InChI=1S/C26H37FN4O4/c27-19-6-7-22-20(15-19)26(8-9-26)17-31(22)16-23(32)29-24(33)21(14-18-4-2-1-3-5-18)28-25(34)30-10-12-35-13-11-30/h6-7,15,18,21,23,32H,1-5,8-14,16-17H2,(H,28,34)(H,29,33)/t21?,23-/m0/s1. The topological polar surface area (TPSA) is 94.1 Å². The van der Waals surface area contributed by atoms with Crippen LogP contribution in [0.5, 0.6) is 0 Å². The average Bonchev–Trinajstić information content (AvgIpc) is 3.58. The van der Waals surface area contributed by atoms with Gasteiger partial charge in [0.25, 0.3) is 0 Å². The molecule has 3 amide bonds. The number of carbonyl (C=O) groups is 2. The summed E-state index contributed by atoms with van der Waals surface area (Å²) >= 11 is 0. The van der Waals surface area contributed by atoms with Crippen molar-refractivity contribution in [2.75, 3.05) is 44.3 Å². The molecule has 3 N–H and O–H groups in total. The van der Waals surface area contributed by atoms with Crippen molar-refractivity contribution in [2.45, 2.75) is 69.1 Å². The molecule has 1 aromatic rings. The molecule has 2 atom stereocenters. The van der Waals surface area contributed by atoms with Gasteiger partial charge in [0.05, 0.1) is 19.8 Å². The van der Waals surface area contributed by atoms with E-state index in [-0.39, 0.29) is 29.7 Å². The molecule has 2 saturated carbocycles. The number of anilines is 1. The first-order valence-electron chi connectivity index (χ1n) is 13.1. The molecule has 9 heteroatoms. The zero-order chi connectivity index (χ0) is 24.4. The van der Waals surface area contributed by atoms with Crippen LogP contribution in [0.15, 0.2) is 18.2 Å². The fourth-order valence-corrected chi connectivity index (χ4v) is 6.00. The van der Waals surface area contributed by atoms with Crippen LogP contribution in [0.1, 0.15) is 56.9 Å². The van der Waals surface area contributed by atoms with E-state index in [2.05, 4.69) is 10.6 Å². The van der Waals surface area contributed by atoms with E-state index in [1.807, 2.05) is 4.90 Å². The summed E-state index contributed by atoms with van der Waals surface area (Å²) in [5.41, 5.74) is 1.91. The number of halogens is 1. The first-order chi connectivity index (χ1) is 16.9. The van der Waals surface area contributed by atoms with Crippen molar-refractivity contribution in [3.8, 4) is 0 Å². The number of morpholine rings is 1.